The first-order valence-electron chi connectivity index (χ1n) is 7.43. The van der Waals surface area contributed by atoms with Gasteiger partial charge in [-0.25, -0.2) is 4.79 Å². The molecule has 0 aliphatic heterocycles. The Kier molecular flexibility index (Phi) is 8.86. The molecule has 2 rings (SSSR count). The number of hydrogen-bond acceptors (Lipinski definition) is 4. The van der Waals surface area contributed by atoms with E-state index in [1.807, 2.05) is 34.7 Å². The van der Waals surface area contributed by atoms with Crippen molar-refractivity contribution in [2.24, 2.45) is 0 Å². The largest absolute Gasteiger partial charge is 0.507 e. The van der Waals surface area contributed by atoms with E-state index in [0.29, 0.717) is 15.1 Å². The molecule has 1 atom stereocenters. The first-order valence-corrected chi connectivity index (χ1v) is 11.8. The summed E-state index contributed by atoms with van der Waals surface area (Å²) in [6, 6.07) is 7.63. The monoisotopic (exact) mass is 771 g/mol. The van der Waals surface area contributed by atoms with Crippen molar-refractivity contribution < 1.29 is 24.5 Å². The van der Waals surface area contributed by atoms with Gasteiger partial charge in [0.2, 0.25) is 5.91 Å². The number of amides is 1. The first kappa shape index (κ1) is 22.9. The van der Waals surface area contributed by atoms with Crippen LogP contribution in [0, 0.1) is 10.7 Å². The van der Waals surface area contributed by atoms with Crippen LogP contribution in [-0.2, 0) is 16.0 Å². The fraction of sp³-hybridized carbons (Fsp3) is 0.176. The number of alkyl halides is 1. The summed E-state index contributed by atoms with van der Waals surface area (Å²) in [5, 5.41) is 21.5. The Hall–Kier alpha value is -0.350. The Morgan fingerprint density at radius 1 is 1.11 bits per heavy atom. The first-order chi connectivity index (χ1) is 12.7. The van der Waals surface area contributed by atoms with Gasteiger partial charge in [0.15, 0.2) is 5.75 Å². The lowest BCUT2D eigenvalue weighted by Gasteiger charge is -2.16. The number of carbonyl (C=O) groups excluding carboxylic acids is 1. The number of phenolic OH excluding ortho intramolecular Hbond substituents is 1. The van der Waals surface area contributed by atoms with Crippen LogP contribution in [0.4, 0.5) is 0 Å². The van der Waals surface area contributed by atoms with Crippen LogP contribution in [0.3, 0.4) is 0 Å². The van der Waals surface area contributed by atoms with Gasteiger partial charge in [0.1, 0.15) is 17.5 Å². The van der Waals surface area contributed by atoms with Crippen LogP contribution in [0.2, 0.25) is 0 Å². The van der Waals surface area contributed by atoms with Crippen molar-refractivity contribution in [3.63, 3.8) is 0 Å². The lowest BCUT2D eigenvalue weighted by atomic mass is 10.1. The molecule has 0 fully saturated rings. The third-order valence-electron chi connectivity index (χ3n) is 3.39. The van der Waals surface area contributed by atoms with Gasteiger partial charge in [0.05, 0.1) is 16.0 Å². The van der Waals surface area contributed by atoms with E-state index < -0.39 is 12.0 Å². The maximum Gasteiger partial charge on any atom is 0.326 e. The molecular weight excluding hydrogens is 759 g/mol. The van der Waals surface area contributed by atoms with E-state index in [4.69, 9.17) is 4.74 Å². The Morgan fingerprint density at radius 2 is 1.74 bits per heavy atom. The van der Waals surface area contributed by atoms with Gasteiger partial charge in [0, 0.05) is 6.42 Å². The predicted molar refractivity (Wildman–Crippen MR) is 130 cm³/mol. The van der Waals surface area contributed by atoms with E-state index in [9.17, 15) is 19.8 Å². The molecule has 27 heavy (non-hydrogen) atoms. The topological polar surface area (TPSA) is 95.9 Å². The van der Waals surface area contributed by atoms with Gasteiger partial charge in [-0.1, -0.05) is 15.9 Å². The van der Waals surface area contributed by atoms with E-state index in [2.05, 4.69) is 66.4 Å². The SMILES string of the molecule is O=C(CBr)NC(Cc1cc(I)c(Oc2ccc(O)c(I)c2)c(I)c1)C(=O)O. The smallest absolute Gasteiger partial charge is 0.326 e. The highest BCUT2D eigenvalue weighted by molar-refractivity contribution is 14.1. The van der Waals surface area contributed by atoms with E-state index in [-0.39, 0.29) is 23.4 Å². The number of aromatic hydroxyl groups is 1. The fourth-order valence-corrected chi connectivity index (χ4v) is 4.93. The number of carboxylic acid groups (broad SMARTS) is 1. The molecule has 0 saturated carbocycles. The average Bonchev–Trinajstić information content (AvgIpc) is 2.60. The molecule has 0 aromatic heterocycles. The summed E-state index contributed by atoms with van der Waals surface area (Å²) in [5.74, 6) is -0.0403. The number of hydrogen-bond donors (Lipinski definition) is 3. The van der Waals surface area contributed by atoms with Gasteiger partial charge >= 0.3 is 5.97 Å². The number of benzene rings is 2. The highest BCUT2D eigenvalue weighted by Crippen LogP contribution is 2.35. The second-order valence-corrected chi connectivity index (χ2v) is 9.45. The highest BCUT2D eigenvalue weighted by atomic mass is 127. The zero-order chi connectivity index (χ0) is 20.1. The average molecular weight is 772 g/mol. The number of phenols is 1. The van der Waals surface area contributed by atoms with Crippen LogP contribution in [0.15, 0.2) is 30.3 Å². The number of nitrogens with one attached hydrogen (secondary N) is 1. The van der Waals surface area contributed by atoms with E-state index >= 15 is 0 Å². The summed E-state index contributed by atoms with van der Waals surface area (Å²) >= 11 is 9.29. The van der Waals surface area contributed by atoms with E-state index in [0.717, 1.165) is 12.7 Å². The Morgan fingerprint density at radius 3 is 2.26 bits per heavy atom. The van der Waals surface area contributed by atoms with Gasteiger partial charge < -0.3 is 20.3 Å². The Balaban J connectivity index is 2.23. The Labute approximate surface area is 205 Å². The maximum atomic E-state index is 11.5. The van der Waals surface area contributed by atoms with Gasteiger partial charge in [0.25, 0.3) is 0 Å². The van der Waals surface area contributed by atoms with Crippen molar-refractivity contribution in [2.45, 2.75) is 12.5 Å². The van der Waals surface area contributed by atoms with Crippen molar-refractivity contribution in [1.82, 2.24) is 5.32 Å². The normalized spacial score (nSPS) is 11.7. The van der Waals surface area contributed by atoms with Crippen molar-refractivity contribution in [3.8, 4) is 17.2 Å². The molecule has 0 aliphatic rings. The number of rotatable bonds is 7. The van der Waals surface area contributed by atoms with Crippen molar-refractivity contribution in [1.29, 1.82) is 0 Å². The van der Waals surface area contributed by atoms with Gasteiger partial charge in [-0.3, -0.25) is 4.79 Å². The quantitative estimate of drug-likeness (QED) is 0.285. The summed E-state index contributed by atoms with van der Waals surface area (Å²) < 4.78 is 8.25. The Bertz CT molecular complexity index is 855. The molecule has 3 N–H and O–H groups in total. The lowest BCUT2D eigenvalue weighted by Crippen LogP contribution is -2.42. The number of carboxylic acids is 1. The number of aliphatic carboxylic acids is 1. The zero-order valence-electron chi connectivity index (χ0n) is 13.5. The molecule has 1 amide bonds. The van der Waals surface area contributed by atoms with Crippen LogP contribution < -0.4 is 10.1 Å². The van der Waals surface area contributed by atoms with Crippen LogP contribution in [0.1, 0.15) is 5.56 Å². The molecule has 0 bridgehead atoms. The maximum absolute atomic E-state index is 11.5. The number of halogens is 4. The molecule has 1 unspecified atom stereocenters. The van der Waals surface area contributed by atoms with E-state index in [1.54, 1.807) is 18.2 Å². The van der Waals surface area contributed by atoms with Crippen LogP contribution in [0.25, 0.3) is 0 Å². The third kappa shape index (κ3) is 6.59. The van der Waals surface area contributed by atoms with Crippen molar-refractivity contribution >= 4 is 95.6 Å². The second kappa shape index (κ2) is 10.4. The third-order valence-corrected chi connectivity index (χ3v) is 6.37. The summed E-state index contributed by atoms with van der Waals surface area (Å²) in [4.78, 5) is 22.9. The second-order valence-electron chi connectivity index (χ2n) is 5.40. The lowest BCUT2D eigenvalue weighted by molar-refractivity contribution is -0.141. The van der Waals surface area contributed by atoms with Crippen LogP contribution >= 0.6 is 83.7 Å². The summed E-state index contributed by atoms with van der Waals surface area (Å²) in [5.41, 5.74) is 0.777. The molecule has 144 valence electrons. The summed E-state index contributed by atoms with van der Waals surface area (Å²) in [6.45, 7) is 0. The molecule has 0 saturated heterocycles. The molecule has 2 aromatic carbocycles. The molecule has 0 radical (unpaired) electrons. The van der Waals surface area contributed by atoms with Gasteiger partial charge in [-0.15, -0.1) is 0 Å². The van der Waals surface area contributed by atoms with Gasteiger partial charge in [-0.2, -0.15) is 0 Å². The molecule has 0 spiro atoms. The molecule has 0 heterocycles. The minimum atomic E-state index is -1.09. The molecule has 0 aliphatic carbocycles. The zero-order valence-corrected chi connectivity index (χ0v) is 21.6. The summed E-state index contributed by atoms with van der Waals surface area (Å²) in [7, 11) is 0. The van der Waals surface area contributed by atoms with Crippen molar-refractivity contribution in [2.75, 3.05) is 5.33 Å². The minimum Gasteiger partial charge on any atom is -0.507 e. The van der Waals surface area contributed by atoms with Crippen LogP contribution in [-0.4, -0.2) is 33.5 Å². The molecule has 2 aromatic rings. The van der Waals surface area contributed by atoms with Gasteiger partial charge in [-0.05, 0) is 104 Å². The standard InChI is InChI=1S/C17H13BrI3NO5/c18-7-15(24)22-13(17(25)26)5-8-3-11(20)16(12(21)4-8)27-9-1-2-14(23)10(19)6-9/h1-4,6,13,23H,5,7H2,(H,22,24)(H,25,26). The molecule has 6 nitrogen and oxygen atoms in total. The predicted octanol–water partition coefficient (Wildman–Crippen LogP) is 4.51. The minimum absolute atomic E-state index is 0.0457. The summed E-state index contributed by atoms with van der Waals surface area (Å²) in [6.07, 6.45) is 0.164. The highest BCUT2D eigenvalue weighted by Gasteiger charge is 2.21. The fourth-order valence-electron chi connectivity index (χ4n) is 2.17. The van der Waals surface area contributed by atoms with E-state index in [1.165, 1.54) is 0 Å². The van der Waals surface area contributed by atoms with Crippen LogP contribution in [0.5, 0.6) is 17.2 Å². The molecular formula is C17H13BrI3NO5. The number of ether oxygens (including phenoxy) is 1. The number of carbonyl (C=O) groups is 2. The van der Waals surface area contributed by atoms with Crippen molar-refractivity contribution in [3.05, 3.63) is 46.6 Å². The molecule has 10 heteroatoms.